The zero-order valence-corrected chi connectivity index (χ0v) is 21.6. The number of nitrogens with zero attached hydrogens (tertiary/aromatic N) is 2. The topological polar surface area (TPSA) is 58.9 Å². The molecular weight excluding hydrogens is 492 g/mol. The molecule has 0 saturated carbocycles. The van der Waals surface area contributed by atoms with Gasteiger partial charge in [0.1, 0.15) is 0 Å². The molecule has 0 fully saturated rings. The van der Waals surface area contributed by atoms with Crippen molar-refractivity contribution < 1.29 is 9.59 Å². The van der Waals surface area contributed by atoms with Gasteiger partial charge in [0.15, 0.2) is 11.6 Å². The second-order valence-electron chi connectivity index (χ2n) is 10.0. The quantitative estimate of drug-likeness (QED) is 0.244. The van der Waals surface area contributed by atoms with E-state index < -0.39 is 11.8 Å². The Balaban J connectivity index is 1.28. The van der Waals surface area contributed by atoms with Gasteiger partial charge in [0.05, 0.1) is 34.6 Å². The molecule has 4 nitrogen and oxygen atoms in total. The third kappa shape index (κ3) is 4.02. The van der Waals surface area contributed by atoms with Crippen LogP contribution < -0.4 is 0 Å². The fourth-order valence-electron chi connectivity index (χ4n) is 5.75. The van der Waals surface area contributed by atoms with Crippen LogP contribution in [-0.2, 0) is 0 Å². The molecule has 0 aromatic heterocycles. The summed E-state index contributed by atoms with van der Waals surface area (Å²) in [5, 5.41) is 0. The first-order valence-corrected chi connectivity index (χ1v) is 13.3. The maximum absolute atomic E-state index is 13.4. The van der Waals surface area contributed by atoms with E-state index in [-0.39, 0.29) is 11.6 Å². The molecule has 40 heavy (non-hydrogen) atoms. The van der Waals surface area contributed by atoms with Crippen molar-refractivity contribution in [3.63, 3.8) is 0 Å². The number of benzene rings is 5. The van der Waals surface area contributed by atoms with Crippen LogP contribution in [0.3, 0.4) is 0 Å². The van der Waals surface area contributed by atoms with Crippen molar-refractivity contribution in [2.24, 2.45) is 9.98 Å². The summed E-state index contributed by atoms with van der Waals surface area (Å²) in [5.41, 5.74) is 8.01. The fourth-order valence-corrected chi connectivity index (χ4v) is 5.75. The van der Waals surface area contributed by atoms with Gasteiger partial charge in [-0.3, -0.25) is 19.6 Å². The van der Waals surface area contributed by atoms with Crippen molar-refractivity contribution in [3.8, 4) is 0 Å². The number of hydrogen-bond acceptors (Lipinski definition) is 4. The highest BCUT2D eigenvalue weighted by Gasteiger charge is 2.38. The molecule has 2 aliphatic rings. The van der Waals surface area contributed by atoms with Crippen LogP contribution in [0, 0.1) is 0 Å². The second kappa shape index (κ2) is 9.83. The molecule has 4 heteroatoms. The normalized spacial score (nSPS) is 19.7. The van der Waals surface area contributed by atoms with Gasteiger partial charge in [-0.05, 0) is 35.4 Å². The van der Waals surface area contributed by atoms with Crippen LogP contribution in [0.25, 0.3) is 0 Å². The summed E-state index contributed by atoms with van der Waals surface area (Å²) < 4.78 is 0. The molecule has 5 aromatic carbocycles. The minimum absolute atomic E-state index is 0.0695. The van der Waals surface area contributed by atoms with Gasteiger partial charge in [-0.2, -0.15) is 0 Å². The average molecular weight is 517 g/mol. The van der Waals surface area contributed by atoms with Crippen LogP contribution in [0.1, 0.15) is 54.8 Å². The lowest BCUT2D eigenvalue weighted by atomic mass is 9.93. The Bertz CT molecular complexity index is 1680. The lowest BCUT2D eigenvalue weighted by Crippen LogP contribution is -2.13. The highest BCUT2D eigenvalue weighted by atomic mass is 16.1. The van der Waals surface area contributed by atoms with E-state index in [2.05, 4.69) is 0 Å². The third-order valence-corrected chi connectivity index (χ3v) is 7.62. The zero-order chi connectivity index (χ0) is 27.1. The van der Waals surface area contributed by atoms with Crippen LogP contribution in [0.2, 0.25) is 0 Å². The van der Waals surface area contributed by atoms with Crippen LogP contribution in [-0.4, -0.2) is 23.0 Å². The molecule has 7 rings (SSSR count). The highest BCUT2D eigenvalue weighted by Crippen LogP contribution is 2.38. The lowest BCUT2D eigenvalue weighted by molar-refractivity contribution is 0.0980. The van der Waals surface area contributed by atoms with Crippen LogP contribution in [0.15, 0.2) is 143 Å². The number of hydrogen-bond donors (Lipinski definition) is 0. The van der Waals surface area contributed by atoms with Crippen molar-refractivity contribution in [2.75, 3.05) is 0 Å². The van der Waals surface area contributed by atoms with Crippen molar-refractivity contribution >= 4 is 34.4 Å². The molecule has 0 saturated heterocycles. The first kappa shape index (κ1) is 23.9. The van der Waals surface area contributed by atoms with E-state index in [0.717, 1.165) is 45.1 Å². The molecule has 0 N–H and O–H groups in total. The summed E-state index contributed by atoms with van der Waals surface area (Å²) in [6, 6.07) is 42.6. The number of Topliss-reactive ketones (excluding diaryl/α,β-unsaturated/α-hetero) is 2. The smallest absolute Gasteiger partial charge is 0.176 e. The van der Waals surface area contributed by atoms with E-state index in [0.29, 0.717) is 11.1 Å². The van der Waals surface area contributed by atoms with E-state index >= 15 is 0 Å². The van der Waals surface area contributed by atoms with E-state index in [4.69, 9.17) is 9.98 Å². The Hall–Kier alpha value is -5.22. The molecule has 2 atom stereocenters. The fraction of sp³-hybridized carbons (Fsp3) is 0.0556. The van der Waals surface area contributed by atoms with E-state index in [1.54, 1.807) is 0 Å². The lowest BCUT2D eigenvalue weighted by Gasteiger charge is -2.12. The summed E-state index contributed by atoms with van der Waals surface area (Å²) in [4.78, 5) is 36.8. The Labute approximate surface area is 232 Å². The predicted molar refractivity (Wildman–Crippen MR) is 159 cm³/mol. The standard InChI is InChI=1S/C36H24N2O2/c39-35-29-17-9-7-15-27(29)33(31(35)23-11-3-1-4-12-23)37-25-19-21-26(22-20-25)38-34-28-16-8-10-18-30(28)36(40)32(34)24-13-5-2-6-14-24/h1-22,31-32H. The van der Waals surface area contributed by atoms with Gasteiger partial charge in [-0.25, -0.2) is 0 Å². The van der Waals surface area contributed by atoms with E-state index in [1.807, 2.05) is 133 Å². The van der Waals surface area contributed by atoms with Gasteiger partial charge in [-0.1, -0.05) is 109 Å². The number of fused-ring (bicyclic) bond motifs is 2. The van der Waals surface area contributed by atoms with Crippen LogP contribution in [0.4, 0.5) is 11.4 Å². The monoisotopic (exact) mass is 516 g/mol. The van der Waals surface area contributed by atoms with Crippen LogP contribution >= 0.6 is 0 Å². The Morgan fingerprint density at radius 2 is 0.700 bits per heavy atom. The van der Waals surface area contributed by atoms with Crippen molar-refractivity contribution in [3.05, 3.63) is 167 Å². The maximum atomic E-state index is 13.4. The molecule has 0 radical (unpaired) electrons. The second-order valence-corrected chi connectivity index (χ2v) is 10.0. The van der Waals surface area contributed by atoms with Crippen molar-refractivity contribution in [2.45, 2.75) is 11.8 Å². The Kier molecular flexibility index (Phi) is 5.86. The summed E-state index contributed by atoms with van der Waals surface area (Å²) >= 11 is 0. The molecule has 0 spiro atoms. The molecule has 2 aliphatic carbocycles. The van der Waals surface area contributed by atoms with Gasteiger partial charge in [0.25, 0.3) is 0 Å². The molecule has 5 aromatic rings. The van der Waals surface area contributed by atoms with Gasteiger partial charge in [-0.15, -0.1) is 0 Å². The Morgan fingerprint density at radius 1 is 0.375 bits per heavy atom. The van der Waals surface area contributed by atoms with E-state index in [9.17, 15) is 9.59 Å². The summed E-state index contributed by atoms with van der Waals surface area (Å²) in [6.07, 6.45) is 0. The first-order chi connectivity index (χ1) is 19.7. The maximum Gasteiger partial charge on any atom is 0.176 e. The van der Waals surface area contributed by atoms with Crippen molar-refractivity contribution in [1.29, 1.82) is 0 Å². The number of carbonyl (C=O) groups excluding carboxylic acids is 2. The van der Waals surface area contributed by atoms with Crippen molar-refractivity contribution in [1.82, 2.24) is 0 Å². The number of rotatable bonds is 4. The van der Waals surface area contributed by atoms with Crippen LogP contribution in [0.5, 0.6) is 0 Å². The summed E-state index contributed by atoms with van der Waals surface area (Å²) in [7, 11) is 0. The highest BCUT2D eigenvalue weighted by molar-refractivity contribution is 6.32. The molecule has 0 heterocycles. The average Bonchev–Trinajstić information content (AvgIpc) is 3.45. The van der Waals surface area contributed by atoms with Gasteiger partial charge >= 0.3 is 0 Å². The van der Waals surface area contributed by atoms with Gasteiger partial charge in [0.2, 0.25) is 0 Å². The number of aliphatic imine (C=N–C) groups is 2. The molecule has 0 aliphatic heterocycles. The number of ketones is 2. The SMILES string of the molecule is O=C1c2ccccc2C(=Nc2ccc(N=C3c4ccccc4C(=O)C3c3ccccc3)cc2)C1c1ccccc1. The molecular formula is C36H24N2O2. The summed E-state index contributed by atoms with van der Waals surface area (Å²) in [6.45, 7) is 0. The minimum Gasteiger partial charge on any atom is -0.293 e. The number of carbonyl (C=O) groups is 2. The first-order valence-electron chi connectivity index (χ1n) is 13.3. The summed E-state index contributed by atoms with van der Waals surface area (Å²) in [5.74, 6) is -0.738. The molecule has 190 valence electrons. The largest absolute Gasteiger partial charge is 0.293 e. The van der Waals surface area contributed by atoms with Gasteiger partial charge in [0, 0.05) is 22.3 Å². The molecule has 0 bridgehead atoms. The van der Waals surface area contributed by atoms with E-state index in [1.165, 1.54) is 0 Å². The molecule has 2 unspecified atom stereocenters. The Morgan fingerprint density at radius 3 is 1.07 bits per heavy atom. The van der Waals surface area contributed by atoms with Gasteiger partial charge < -0.3 is 0 Å². The zero-order valence-electron chi connectivity index (χ0n) is 21.6. The predicted octanol–water partition coefficient (Wildman–Crippen LogP) is 7.89. The molecule has 0 amide bonds. The minimum atomic E-state index is -0.439. The third-order valence-electron chi connectivity index (χ3n) is 7.62.